The van der Waals surface area contributed by atoms with E-state index in [-0.39, 0.29) is 12.3 Å². The molecular formula is C8H15NO4. The number of hydrogen-bond donors (Lipinski definition) is 3. The minimum Gasteiger partial charge on any atom is -0.481 e. The number of carboxylic acids is 1. The Balaban J connectivity index is 4.10. The Morgan fingerprint density at radius 2 is 1.92 bits per heavy atom. The van der Waals surface area contributed by atoms with Gasteiger partial charge in [0.2, 0.25) is 5.91 Å². The summed E-state index contributed by atoms with van der Waals surface area (Å²) in [6.07, 6.45) is 0.257. The summed E-state index contributed by atoms with van der Waals surface area (Å²) in [5.74, 6) is -2.16. The van der Waals surface area contributed by atoms with E-state index in [1.807, 2.05) is 13.8 Å². The smallest absolute Gasteiger partial charge is 0.307 e. The lowest BCUT2D eigenvalue weighted by molar-refractivity contribution is -0.146. The molecule has 3 N–H and O–H groups in total. The van der Waals surface area contributed by atoms with Gasteiger partial charge in [-0.15, -0.1) is 0 Å². The highest BCUT2D eigenvalue weighted by Crippen LogP contribution is 2.15. The average molecular weight is 189 g/mol. The third-order valence-corrected chi connectivity index (χ3v) is 1.66. The van der Waals surface area contributed by atoms with Crippen molar-refractivity contribution in [3.8, 4) is 0 Å². The van der Waals surface area contributed by atoms with Crippen LogP contribution in [-0.4, -0.2) is 22.2 Å². The molecule has 1 amide bonds. The summed E-state index contributed by atoms with van der Waals surface area (Å²) in [4.78, 5) is 21.3. The van der Waals surface area contributed by atoms with Crippen LogP contribution in [-0.2, 0) is 9.59 Å². The zero-order valence-electron chi connectivity index (χ0n) is 7.78. The van der Waals surface area contributed by atoms with Gasteiger partial charge in [0, 0.05) is 6.42 Å². The summed E-state index contributed by atoms with van der Waals surface area (Å²) in [6, 6.07) is 0. The van der Waals surface area contributed by atoms with Crippen LogP contribution in [0.25, 0.3) is 0 Å². The molecule has 0 heterocycles. The Kier molecular flexibility index (Phi) is 5.06. The van der Waals surface area contributed by atoms with E-state index in [9.17, 15) is 9.59 Å². The fourth-order valence-corrected chi connectivity index (χ4v) is 1.11. The normalized spacial score (nSPS) is 12.6. The predicted octanol–water partition coefficient (Wildman–Crippen LogP) is 0.629. The number of nitrogens with one attached hydrogen (secondary N) is 1. The van der Waals surface area contributed by atoms with Crippen molar-refractivity contribution in [3.05, 3.63) is 0 Å². The molecule has 0 rings (SSSR count). The quantitative estimate of drug-likeness (QED) is 0.437. The molecule has 76 valence electrons. The second-order valence-corrected chi connectivity index (χ2v) is 3.40. The standard InChI is InChI=1S/C8H15NO4/c1-5(2)3-6(8(11)12)4-7(10)9-13/h5-6,13H,3-4H2,1-2H3,(H,9,10)(H,11,12)/t6-/m1/s1. The molecule has 5 nitrogen and oxygen atoms in total. The van der Waals surface area contributed by atoms with Gasteiger partial charge in [0.25, 0.3) is 0 Å². The maximum Gasteiger partial charge on any atom is 0.307 e. The average Bonchev–Trinajstić information content (AvgIpc) is 2.02. The zero-order chi connectivity index (χ0) is 10.4. The summed E-state index contributed by atoms with van der Waals surface area (Å²) < 4.78 is 0. The van der Waals surface area contributed by atoms with Crippen molar-refractivity contribution in [2.45, 2.75) is 26.7 Å². The highest BCUT2D eigenvalue weighted by molar-refractivity contribution is 5.81. The number of hydrogen-bond acceptors (Lipinski definition) is 3. The van der Waals surface area contributed by atoms with Crippen LogP contribution < -0.4 is 5.48 Å². The van der Waals surface area contributed by atoms with Crippen molar-refractivity contribution >= 4 is 11.9 Å². The highest BCUT2D eigenvalue weighted by atomic mass is 16.5. The summed E-state index contributed by atoms with van der Waals surface area (Å²) in [6.45, 7) is 3.76. The van der Waals surface area contributed by atoms with Crippen molar-refractivity contribution in [3.63, 3.8) is 0 Å². The molecule has 1 atom stereocenters. The van der Waals surface area contributed by atoms with Crippen LogP contribution in [0.5, 0.6) is 0 Å². The molecule has 0 bridgehead atoms. The number of carboxylic acid groups (broad SMARTS) is 1. The van der Waals surface area contributed by atoms with Crippen LogP contribution >= 0.6 is 0 Å². The van der Waals surface area contributed by atoms with E-state index in [0.29, 0.717) is 6.42 Å². The van der Waals surface area contributed by atoms with E-state index in [0.717, 1.165) is 0 Å². The maximum atomic E-state index is 10.7. The van der Waals surface area contributed by atoms with Crippen LogP contribution in [0.4, 0.5) is 0 Å². The number of aliphatic carboxylic acids is 1. The molecular weight excluding hydrogens is 174 g/mol. The first-order chi connectivity index (χ1) is 5.97. The summed E-state index contributed by atoms with van der Waals surface area (Å²) in [7, 11) is 0. The van der Waals surface area contributed by atoms with Crippen LogP contribution in [0.15, 0.2) is 0 Å². The van der Waals surface area contributed by atoms with Crippen molar-refractivity contribution < 1.29 is 19.9 Å². The van der Waals surface area contributed by atoms with E-state index >= 15 is 0 Å². The Morgan fingerprint density at radius 3 is 2.23 bits per heavy atom. The van der Waals surface area contributed by atoms with Crippen LogP contribution in [0.2, 0.25) is 0 Å². The molecule has 13 heavy (non-hydrogen) atoms. The van der Waals surface area contributed by atoms with Crippen LogP contribution in [0, 0.1) is 11.8 Å². The molecule has 5 heteroatoms. The number of hydroxylamine groups is 1. The van der Waals surface area contributed by atoms with Gasteiger partial charge >= 0.3 is 5.97 Å². The Bertz CT molecular complexity index is 191. The van der Waals surface area contributed by atoms with E-state index in [1.54, 1.807) is 0 Å². The molecule has 0 saturated heterocycles. The first-order valence-electron chi connectivity index (χ1n) is 4.13. The molecule has 0 aliphatic rings. The van der Waals surface area contributed by atoms with Gasteiger partial charge in [-0.25, -0.2) is 5.48 Å². The SMILES string of the molecule is CC(C)C[C@H](CC(=O)NO)C(=O)O. The van der Waals surface area contributed by atoms with Gasteiger partial charge in [0.1, 0.15) is 0 Å². The first kappa shape index (κ1) is 11.9. The molecule has 0 aliphatic carbocycles. The number of amides is 1. The third kappa shape index (κ3) is 5.19. The number of carbonyl (C=O) groups is 2. The topological polar surface area (TPSA) is 86.6 Å². The Labute approximate surface area is 76.7 Å². The largest absolute Gasteiger partial charge is 0.481 e. The van der Waals surface area contributed by atoms with Gasteiger partial charge < -0.3 is 5.11 Å². The van der Waals surface area contributed by atoms with Crippen LogP contribution in [0.3, 0.4) is 0 Å². The van der Waals surface area contributed by atoms with Crippen molar-refractivity contribution in [1.29, 1.82) is 0 Å². The van der Waals surface area contributed by atoms with E-state index in [2.05, 4.69) is 0 Å². The van der Waals surface area contributed by atoms with E-state index < -0.39 is 17.8 Å². The van der Waals surface area contributed by atoms with Crippen molar-refractivity contribution in [1.82, 2.24) is 5.48 Å². The predicted molar refractivity (Wildman–Crippen MR) is 45.1 cm³/mol. The van der Waals surface area contributed by atoms with Gasteiger partial charge in [-0.1, -0.05) is 13.8 Å². The molecule has 0 spiro atoms. The monoisotopic (exact) mass is 189 g/mol. The minimum atomic E-state index is -1.00. The molecule has 0 radical (unpaired) electrons. The molecule has 0 aliphatic heterocycles. The fraction of sp³-hybridized carbons (Fsp3) is 0.750. The highest BCUT2D eigenvalue weighted by Gasteiger charge is 2.21. The lowest BCUT2D eigenvalue weighted by atomic mass is 9.94. The molecule has 0 fully saturated rings. The van der Waals surface area contributed by atoms with Crippen molar-refractivity contribution in [2.75, 3.05) is 0 Å². The van der Waals surface area contributed by atoms with Gasteiger partial charge in [0.15, 0.2) is 0 Å². The number of carbonyl (C=O) groups excluding carboxylic acids is 1. The Morgan fingerprint density at radius 1 is 1.38 bits per heavy atom. The second kappa shape index (κ2) is 5.53. The summed E-state index contributed by atoms with van der Waals surface area (Å²) in [5, 5.41) is 16.9. The second-order valence-electron chi connectivity index (χ2n) is 3.40. The maximum absolute atomic E-state index is 10.7. The van der Waals surface area contributed by atoms with Gasteiger partial charge in [-0.3, -0.25) is 14.8 Å². The van der Waals surface area contributed by atoms with E-state index in [4.69, 9.17) is 10.3 Å². The first-order valence-corrected chi connectivity index (χ1v) is 4.13. The van der Waals surface area contributed by atoms with Crippen molar-refractivity contribution in [2.24, 2.45) is 11.8 Å². The Hall–Kier alpha value is -1.10. The molecule has 0 aromatic rings. The van der Waals surface area contributed by atoms with Crippen LogP contribution in [0.1, 0.15) is 26.7 Å². The molecule has 0 unspecified atom stereocenters. The number of rotatable bonds is 5. The van der Waals surface area contributed by atoms with Gasteiger partial charge in [-0.2, -0.15) is 0 Å². The minimum absolute atomic E-state index is 0.177. The lowest BCUT2D eigenvalue weighted by Gasteiger charge is -2.12. The van der Waals surface area contributed by atoms with Gasteiger partial charge in [0.05, 0.1) is 5.92 Å². The molecule has 0 saturated carbocycles. The summed E-state index contributed by atoms with van der Waals surface area (Å²) >= 11 is 0. The van der Waals surface area contributed by atoms with Gasteiger partial charge in [-0.05, 0) is 12.3 Å². The molecule has 0 aromatic carbocycles. The zero-order valence-corrected chi connectivity index (χ0v) is 7.78. The van der Waals surface area contributed by atoms with E-state index in [1.165, 1.54) is 5.48 Å². The summed E-state index contributed by atoms with van der Waals surface area (Å²) in [5.41, 5.74) is 1.42. The lowest BCUT2D eigenvalue weighted by Crippen LogP contribution is -2.26. The fourth-order valence-electron chi connectivity index (χ4n) is 1.11. The third-order valence-electron chi connectivity index (χ3n) is 1.66. The molecule has 0 aromatic heterocycles.